The molecule has 0 saturated carbocycles. The Labute approximate surface area is 51.0 Å². The van der Waals surface area contributed by atoms with Crippen LogP contribution in [-0.2, 0) is 4.74 Å². The molecular formula is C7H13O. The Morgan fingerprint density at radius 1 is 1.75 bits per heavy atom. The predicted molar refractivity (Wildman–Crippen MR) is 33.6 cm³/mol. The lowest BCUT2D eigenvalue weighted by Gasteiger charge is -2.30. The first kappa shape index (κ1) is 6.09. The van der Waals surface area contributed by atoms with Gasteiger partial charge in [-0.2, -0.15) is 0 Å². The van der Waals surface area contributed by atoms with Crippen LogP contribution in [0.1, 0.15) is 26.7 Å². The zero-order valence-corrected chi connectivity index (χ0v) is 5.61. The average molecular weight is 113 g/mol. The first-order valence-electron chi connectivity index (χ1n) is 3.28. The zero-order valence-electron chi connectivity index (χ0n) is 5.61. The van der Waals surface area contributed by atoms with Crippen LogP contribution in [0.5, 0.6) is 0 Å². The highest BCUT2D eigenvalue weighted by molar-refractivity contribution is 4.95. The van der Waals surface area contributed by atoms with Gasteiger partial charge in [-0.1, -0.05) is 13.8 Å². The minimum atomic E-state index is 0.514. The molecule has 1 heterocycles. The summed E-state index contributed by atoms with van der Waals surface area (Å²) in [4.78, 5) is 0. The minimum absolute atomic E-state index is 0.514. The molecule has 1 nitrogen and oxygen atoms in total. The summed E-state index contributed by atoms with van der Waals surface area (Å²) in [7, 11) is 0. The van der Waals surface area contributed by atoms with Crippen molar-refractivity contribution in [3.05, 3.63) is 5.92 Å². The van der Waals surface area contributed by atoms with E-state index in [9.17, 15) is 0 Å². The Morgan fingerprint density at radius 3 is 2.50 bits per heavy atom. The normalized spacial score (nSPS) is 28.1. The number of hydrogen-bond acceptors (Lipinski definition) is 1. The third-order valence-corrected chi connectivity index (χ3v) is 1.81. The minimum Gasteiger partial charge on any atom is -0.377 e. The highest BCUT2D eigenvalue weighted by Gasteiger charge is 2.23. The molecule has 1 atom stereocenters. The van der Waals surface area contributed by atoms with Crippen molar-refractivity contribution in [2.75, 3.05) is 6.61 Å². The van der Waals surface area contributed by atoms with Gasteiger partial charge in [0.1, 0.15) is 0 Å². The molecular weight excluding hydrogens is 100 g/mol. The van der Waals surface area contributed by atoms with Gasteiger partial charge in [0.15, 0.2) is 0 Å². The van der Waals surface area contributed by atoms with Crippen molar-refractivity contribution in [1.29, 1.82) is 0 Å². The van der Waals surface area contributed by atoms with E-state index in [1.807, 2.05) is 0 Å². The van der Waals surface area contributed by atoms with Gasteiger partial charge in [0.05, 0.1) is 6.10 Å². The van der Waals surface area contributed by atoms with E-state index >= 15 is 0 Å². The summed E-state index contributed by atoms with van der Waals surface area (Å²) in [6, 6.07) is 0. The fraction of sp³-hybridized carbons (Fsp3) is 0.857. The van der Waals surface area contributed by atoms with E-state index in [1.54, 1.807) is 0 Å². The van der Waals surface area contributed by atoms with E-state index in [1.165, 1.54) is 18.8 Å². The van der Waals surface area contributed by atoms with Crippen LogP contribution in [0.3, 0.4) is 0 Å². The first-order chi connectivity index (χ1) is 3.84. The largest absolute Gasteiger partial charge is 0.377 e. The SMILES string of the molecule is CC[C](C)C1CCO1. The quantitative estimate of drug-likeness (QED) is 0.530. The molecule has 0 amide bonds. The van der Waals surface area contributed by atoms with Gasteiger partial charge in [-0.05, 0) is 12.8 Å². The van der Waals surface area contributed by atoms with Gasteiger partial charge in [0, 0.05) is 12.5 Å². The van der Waals surface area contributed by atoms with Crippen LogP contribution in [0.15, 0.2) is 0 Å². The molecule has 1 fully saturated rings. The third kappa shape index (κ3) is 1.03. The molecule has 1 saturated heterocycles. The molecule has 0 aliphatic carbocycles. The van der Waals surface area contributed by atoms with Gasteiger partial charge in [-0.3, -0.25) is 0 Å². The second-order valence-electron chi connectivity index (χ2n) is 2.35. The van der Waals surface area contributed by atoms with Crippen LogP contribution in [0.2, 0.25) is 0 Å². The van der Waals surface area contributed by atoms with Crippen LogP contribution in [0, 0.1) is 5.92 Å². The summed E-state index contributed by atoms with van der Waals surface area (Å²) in [5.41, 5.74) is 0. The Hall–Kier alpha value is -0.0400. The van der Waals surface area contributed by atoms with Gasteiger partial charge >= 0.3 is 0 Å². The Balaban J connectivity index is 2.13. The van der Waals surface area contributed by atoms with E-state index < -0.39 is 0 Å². The second kappa shape index (κ2) is 2.49. The topological polar surface area (TPSA) is 9.23 Å². The predicted octanol–water partition coefficient (Wildman–Crippen LogP) is 1.78. The monoisotopic (exact) mass is 113 g/mol. The molecule has 1 aliphatic heterocycles. The van der Waals surface area contributed by atoms with Crippen molar-refractivity contribution in [3.8, 4) is 0 Å². The van der Waals surface area contributed by atoms with E-state index in [0.29, 0.717) is 6.10 Å². The van der Waals surface area contributed by atoms with Gasteiger partial charge < -0.3 is 4.74 Å². The van der Waals surface area contributed by atoms with Crippen molar-refractivity contribution in [2.24, 2.45) is 0 Å². The number of ether oxygens (including phenoxy) is 1. The molecule has 8 heavy (non-hydrogen) atoms. The lowest BCUT2D eigenvalue weighted by molar-refractivity contribution is -0.0412. The average Bonchev–Trinajstić information content (AvgIpc) is 1.62. The molecule has 0 bridgehead atoms. The van der Waals surface area contributed by atoms with Crippen molar-refractivity contribution in [2.45, 2.75) is 32.8 Å². The van der Waals surface area contributed by atoms with E-state index in [2.05, 4.69) is 13.8 Å². The summed E-state index contributed by atoms with van der Waals surface area (Å²) >= 11 is 0. The molecule has 0 aromatic carbocycles. The van der Waals surface area contributed by atoms with Crippen molar-refractivity contribution in [3.63, 3.8) is 0 Å². The Kier molecular flexibility index (Phi) is 1.90. The van der Waals surface area contributed by atoms with Gasteiger partial charge in [-0.25, -0.2) is 0 Å². The molecule has 1 heteroatoms. The summed E-state index contributed by atoms with van der Waals surface area (Å²) in [5.74, 6) is 1.50. The molecule has 0 N–H and O–H groups in total. The molecule has 0 spiro atoms. The molecule has 0 aromatic rings. The highest BCUT2D eigenvalue weighted by atomic mass is 16.5. The summed E-state index contributed by atoms with van der Waals surface area (Å²) < 4.78 is 5.25. The van der Waals surface area contributed by atoms with Crippen LogP contribution in [-0.4, -0.2) is 12.7 Å². The summed E-state index contributed by atoms with van der Waals surface area (Å²) in [6.45, 7) is 5.32. The first-order valence-corrected chi connectivity index (χ1v) is 3.28. The summed E-state index contributed by atoms with van der Waals surface area (Å²) in [5, 5.41) is 0. The lowest BCUT2D eigenvalue weighted by atomic mass is 9.96. The Morgan fingerprint density at radius 2 is 2.38 bits per heavy atom. The van der Waals surface area contributed by atoms with Crippen molar-refractivity contribution in [1.82, 2.24) is 0 Å². The van der Waals surface area contributed by atoms with E-state index in [4.69, 9.17) is 4.74 Å². The fourth-order valence-electron chi connectivity index (χ4n) is 0.852. The van der Waals surface area contributed by atoms with Crippen molar-refractivity contribution < 1.29 is 4.74 Å². The molecule has 1 radical (unpaired) electrons. The molecule has 47 valence electrons. The number of rotatable bonds is 2. The Bertz CT molecular complexity index is 64.0. The maximum atomic E-state index is 5.25. The smallest absolute Gasteiger partial charge is 0.0656 e. The lowest BCUT2D eigenvalue weighted by Crippen LogP contribution is -2.31. The number of hydrogen-bond donors (Lipinski definition) is 0. The maximum absolute atomic E-state index is 5.25. The summed E-state index contributed by atoms with van der Waals surface area (Å²) in [6.07, 6.45) is 2.93. The molecule has 1 unspecified atom stereocenters. The standard InChI is InChI=1S/C7H13O/c1-3-6(2)7-4-5-8-7/h7H,3-5H2,1-2H3. The molecule has 1 aliphatic rings. The van der Waals surface area contributed by atoms with Gasteiger partial charge in [0.25, 0.3) is 0 Å². The van der Waals surface area contributed by atoms with Crippen LogP contribution < -0.4 is 0 Å². The third-order valence-electron chi connectivity index (χ3n) is 1.81. The van der Waals surface area contributed by atoms with Crippen LogP contribution in [0.4, 0.5) is 0 Å². The van der Waals surface area contributed by atoms with Crippen molar-refractivity contribution >= 4 is 0 Å². The van der Waals surface area contributed by atoms with Crippen LogP contribution in [0.25, 0.3) is 0 Å². The van der Waals surface area contributed by atoms with Gasteiger partial charge in [-0.15, -0.1) is 0 Å². The second-order valence-corrected chi connectivity index (χ2v) is 2.35. The highest BCUT2D eigenvalue weighted by Crippen LogP contribution is 2.23. The van der Waals surface area contributed by atoms with E-state index in [-0.39, 0.29) is 0 Å². The molecule has 1 rings (SSSR count). The fourth-order valence-corrected chi connectivity index (χ4v) is 0.852. The van der Waals surface area contributed by atoms with Gasteiger partial charge in [0.2, 0.25) is 0 Å². The van der Waals surface area contributed by atoms with E-state index in [0.717, 1.165) is 6.61 Å². The van der Waals surface area contributed by atoms with Crippen LogP contribution >= 0.6 is 0 Å². The molecule has 0 aromatic heterocycles. The maximum Gasteiger partial charge on any atom is 0.0656 e. The zero-order chi connectivity index (χ0) is 5.98.